The lowest BCUT2D eigenvalue weighted by molar-refractivity contribution is 0.502. The number of para-hydroxylation sites is 1. The fourth-order valence-electron chi connectivity index (χ4n) is 4.02. The molecule has 0 bridgehead atoms. The quantitative estimate of drug-likeness (QED) is 0.605. The van der Waals surface area contributed by atoms with Crippen molar-refractivity contribution in [2.75, 3.05) is 28.8 Å². The topological polar surface area (TPSA) is 71.3 Å². The average molecular weight is 426 g/mol. The summed E-state index contributed by atoms with van der Waals surface area (Å²) in [5.41, 5.74) is 1.94. The molecule has 1 fully saturated rings. The maximum Gasteiger partial charge on any atom is 0.265 e. The second kappa shape index (κ2) is 8.47. The predicted octanol–water partition coefficient (Wildman–Crippen LogP) is 3.41. The minimum atomic E-state index is -3.65. The second-order valence-corrected chi connectivity index (χ2v) is 9.43. The molecule has 0 spiro atoms. The van der Waals surface area contributed by atoms with Crippen molar-refractivity contribution >= 4 is 21.5 Å². The van der Waals surface area contributed by atoms with Crippen LogP contribution in [-0.4, -0.2) is 42.8 Å². The average Bonchev–Trinajstić information content (AvgIpc) is 3.21. The lowest BCUT2D eigenvalue weighted by atomic mass is 9.91. The van der Waals surface area contributed by atoms with Gasteiger partial charge in [0.2, 0.25) is 0 Å². The molecule has 1 aliphatic heterocycles. The fourth-order valence-corrected chi connectivity index (χ4v) is 5.44. The van der Waals surface area contributed by atoms with Gasteiger partial charge in [-0.15, -0.1) is 0 Å². The van der Waals surface area contributed by atoms with Gasteiger partial charge in [-0.05, 0) is 55.5 Å². The minimum absolute atomic E-state index is 0.210. The van der Waals surface area contributed by atoms with Gasteiger partial charge in [0.15, 0.2) is 0 Å². The van der Waals surface area contributed by atoms with E-state index >= 15 is 0 Å². The van der Waals surface area contributed by atoms with Crippen LogP contribution in [0.3, 0.4) is 0 Å². The molecule has 158 valence electrons. The summed E-state index contributed by atoms with van der Waals surface area (Å²) in [6.45, 7) is 3.97. The highest BCUT2D eigenvalue weighted by molar-refractivity contribution is 7.92. The molecule has 30 heavy (non-hydrogen) atoms. The standard InChI is InChI=1S/C22H27N5O2S/c1-3-27(20-7-5-4-6-8-20)30(28,29)21-9-10-22(23-16-21)26-13-11-18(12-14-26)19-15-24-25(2)17-19/h4-10,15-18H,3,11-14H2,1-2H3. The number of pyridine rings is 1. The van der Waals surface area contributed by atoms with Gasteiger partial charge in [0, 0.05) is 39.1 Å². The summed E-state index contributed by atoms with van der Waals surface area (Å²) >= 11 is 0. The number of anilines is 2. The van der Waals surface area contributed by atoms with Gasteiger partial charge in [0.05, 0.1) is 11.9 Å². The molecule has 4 rings (SSSR count). The van der Waals surface area contributed by atoms with E-state index in [1.165, 1.54) is 16.1 Å². The maximum absolute atomic E-state index is 13.1. The molecule has 1 saturated heterocycles. The zero-order valence-corrected chi connectivity index (χ0v) is 18.2. The highest BCUT2D eigenvalue weighted by atomic mass is 32.2. The van der Waals surface area contributed by atoms with Crippen molar-refractivity contribution in [3.05, 3.63) is 66.6 Å². The first-order valence-electron chi connectivity index (χ1n) is 10.3. The second-order valence-electron chi connectivity index (χ2n) is 7.57. The van der Waals surface area contributed by atoms with Gasteiger partial charge in [-0.1, -0.05) is 18.2 Å². The summed E-state index contributed by atoms with van der Waals surface area (Å²) in [5, 5.41) is 4.27. The lowest BCUT2D eigenvalue weighted by Crippen LogP contribution is -2.34. The Morgan fingerprint density at radius 1 is 1.07 bits per heavy atom. The van der Waals surface area contributed by atoms with E-state index in [9.17, 15) is 8.42 Å². The van der Waals surface area contributed by atoms with E-state index in [0.717, 1.165) is 31.7 Å². The van der Waals surface area contributed by atoms with Crippen molar-refractivity contribution in [3.8, 4) is 0 Å². The van der Waals surface area contributed by atoms with Crippen molar-refractivity contribution in [2.24, 2.45) is 7.05 Å². The van der Waals surface area contributed by atoms with Gasteiger partial charge in [0.1, 0.15) is 10.7 Å². The van der Waals surface area contributed by atoms with Crippen molar-refractivity contribution in [3.63, 3.8) is 0 Å². The van der Waals surface area contributed by atoms with Crippen LogP contribution in [0.4, 0.5) is 11.5 Å². The molecule has 1 aliphatic rings. The summed E-state index contributed by atoms with van der Waals surface area (Å²) in [5.74, 6) is 1.33. The number of aryl methyl sites for hydroxylation is 1. The van der Waals surface area contributed by atoms with Gasteiger partial charge in [-0.25, -0.2) is 13.4 Å². The van der Waals surface area contributed by atoms with Gasteiger partial charge in [-0.3, -0.25) is 8.99 Å². The molecule has 0 amide bonds. The molecule has 2 aromatic heterocycles. The van der Waals surface area contributed by atoms with Crippen LogP contribution < -0.4 is 9.21 Å². The third kappa shape index (κ3) is 4.05. The smallest absolute Gasteiger partial charge is 0.265 e. The van der Waals surface area contributed by atoms with E-state index < -0.39 is 10.0 Å². The summed E-state index contributed by atoms with van der Waals surface area (Å²) in [4.78, 5) is 6.92. The van der Waals surface area contributed by atoms with Crippen LogP contribution in [0.25, 0.3) is 0 Å². The van der Waals surface area contributed by atoms with Crippen molar-refractivity contribution in [2.45, 2.75) is 30.6 Å². The number of piperidine rings is 1. The summed E-state index contributed by atoms with van der Waals surface area (Å²) in [6, 6.07) is 12.6. The zero-order chi connectivity index (χ0) is 21.1. The monoisotopic (exact) mass is 425 g/mol. The minimum Gasteiger partial charge on any atom is -0.357 e. The highest BCUT2D eigenvalue weighted by Gasteiger charge is 2.26. The molecule has 8 heteroatoms. The first-order chi connectivity index (χ1) is 14.5. The molecule has 3 aromatic rings. The van der Waals surface area contributed by atoms with Crippen LogP contribution in [0.1, 0.15) is 31.2 Å². The number of nitrogens with zero attached hydrogens (tertiary/aromatic N) is 5. The van der Waals surface area contributed by atoms with Crippen molar-refractivity contribution in [1.82, 2.24) is 14.8 Å². The van der Waals surface area contributed by atoms with Gasteiger partial charge in [-0.2, -0.15) is 5.10 Å². The molecular formula is C22H27N5O2S. The Bertz CT molecular complexity index is 1070. The molecule has 7 nitrogen and oxygen atoms in total. The summed E-state index contributed by atoms with van der Waals surface area (Å²) < 4.78 is 29.5. The first kappa shape index (κ1) is 20.4. The van der Waals surface area contributed by atoms with Crippen LogP contribution in [0.15, 0.2) is 66.0 Å². The Kier molecular flexibility index (Phi) is 5.76. The summed E-state index contributed by atoms with van der Waals surface area (Å²) in [6.07, 6.45) is 7.58. The Morgan fingerprint density at radius 3 is 2.37 bits per heavy atom. The number of aromatic nitrogens is 3. The number of rotatable bonds is 6. The Labute approximate surface area is 178 Å². The van der Waals surface area contributed by atoms with E-state index in [1.54, 1.807) is 18.2 Å². The normalized spacial score (nSPS) is 15.3. The zero-order valence-electron chi connectivity index (χ0n) is 17.3. The SMILES string of the molecule is CCN(c1ccccc1)S(=O)(=O)c1ccc(N2CCC(c3cnn(C)c3)CC2)nc1. The van der Waals surface area contributed by atoms with Gasteiger partial charge < -0.3 is 4.90 Å². The van der Waals surface area contributed by atoms with Gasteiger partial charge >= 0.3 is 0 Å². The third-order valence-corrected chi connectivity index (χ3v) is 7.54. The molecule has 0 unspecified atom stereocenters. The van der Waals surface area contributed by atoms with Gasteiger partial charge in [0.25, 0.3) is 10.0 Å². The van der Waals surface area contributed by atoms with E-state index in [2.05, 4.69) is 21.2 Å². The molecule has 1 aromatic carbocycles. The van der Waals surface area contributed by atoms with E-state index in [-0.39, 0.29) is 4.90 Å². The summed E-state index contributed by atoms with van der Waals surface area (Å²) in [7, 11) is -1.71. The number of sulfonamides is 1. The van der Waals surface area contributed by atoms with Crippen molar-refractivity contribution < 1.29 is 8.42 Å². The Morgan fingerprint density at radius 2 is 1.80 bits per heavy atom. The number of hydrogen-bond acceptors (Lipinski definition) is 5. The molecular weight excluding hydrogens is 398 g/mol. The van der Waals surface area contributed by atoms with E-state index in [4.69, 9.17) is 0 Å². The molecule has 0 N–H and O–H groups in total. The van der Waals surface area contributed by atoms with E-state index in [0.29, 0.717) is 18.2 Å². The Balaban J connectivity index is 1.46. The Hall–Kier alpha value is -2.87. The van der Waals surface area contributed by atoms with Crippen LogP contribution in [-0.2, 0) is 17.1 Å². The largest absolute Gasteiger partial charge is 0.357 e. The third-order valence-electron chi connectivity index (χ3n) is 5.66. The van der Waals surface area contributed by atoms with Crippen molar-refractivity contribution in [1.29, 1.82) is 0 Å². The molecule has 0 atom stereocenters. The molecule has 0 radical (unpaired) electrons. The van der Waals surface area contributed by atoms with Crippen LogP contribution in [0.5, 0.6) is 0 Å². The number of benzene rings is 1. The van der Waals surface area contributed by atoms with E-state index in [1.807, 2.05) is 49.1 Å². The van der Waals surface area contributed by atoms with Crippen LogP contribution >= 0.6 is 0 Å². The van der Waals surface area contributed by atoms with Crippen LogP contribution in [0.2, 0.25) is 0 Å². The number of hydrogen-bond donors (Lipinski definition) is 0. The molecule has 0 saturated carbocycles. The fraction of sp³-hybridized carbons (Fsp3) is 0.364. The predicted molar refractivity (Wildman–Crippen MR) is 118 cm³/mol. The lowest BCUT2D eigenvalue weighted by Gasteiger charge is -2.32. The molecule has 0 aliphatic carbocycles. The van der Waals surface area contributed by atoms with Crippen LogP contribution in [0, 0.1) is 0 Å². The highest BCUT2D eigenvalue weighted by Crippen LogP contribution is 2.30. The maximum atomic E-state index is 13.1. The molecule has 3 heterocycles. The first-order valence-corrected chi connectivity index (χ1v) is 11.7.